The summed E-state index contributed by atoms with van der Waals surface area (Å²) in [6, 6.07) is 1.33. The van der Waals surface area contributed by atoms with E-state index < -0.39 is 0 Å². The average Bonchev–Trinajstić information content (AvgIpc) is 3.09. The van der Waals surface area contributed by atoms with Gasteiger partial charge < -0.3 is 14.4 Å². The molecule has 0 saturated carbocycles. The van der Waals surface area contributed by atoms with Gasteiger partial charge in [0.1, 0.15) is 0 Å². The summed E-state index contributed by atoms with van der Waals surface area (Å²) in [6.07, 6.45) is 4.30. The summed E-state index contributed by atoms with van der Waals surface area (Å²) in [7, 11) is 0. The third-order valence-corrected chi connectivity index (χ3v) is 6.84. The van der Waals surface area contributed by atoms with Crippen molar-refractivity contribution in [2.45, 2.75) is 58.2 Å². The molecule has 4 heteroatoms. The Labute approximate surface area is 135 Å². The molecule has 0 aromatic rings. The Morgan fingerprint density at radius 3 is 2.41 bits per heavy atom. The molecule has 0 aromatic heterocycles. The third kappa shape index (κ3) is 2.43. The van der Waals surface area contributed by atoms with E-state index in [-0.39, 0.29) is 0 Å². The highest BCUT2D eigenvalue weighted by Gasteiger charge is 2.54. The van der Waals surface area contributed by atoms with Crippen molar-refractivity contribution in [3.8, 4) is 0 Å². The molecule has 3 atom stereocenters. The molecule has 0 N–H and O–H groups in total. The first kappa shape index (κ1) is 15.4. The molecule has 0 radical (unpaired) electrons. The Balaban J connectivity index is 1.29. The summed E-state index contributed by atoms with van der Waals surface area (Å²) in [5.41, 5.74) is 0.978. The van der Waals surface area contributed by atoms with Gasteiger partial charge in [-0.05, 0) is 46.6 Å². The van der Waals surface area contributed by atoms with Gasteiger partial charge in [-0.15, -0.1) is 0 Å². The van der Waals surface area contributed by atoms with Crippen molar-refractivity contribution in [1.29, 1.82) is 0 Å². The summed E-state index contributed by atoms with van der Waals surface area (Å²) in [5, 5.41) is 0. The fourth-order valence-corrected chi connectivity index (χ4v) is 4.99. The van der Waals surface area contributed by atoms with Crippen LogP contribution < -0.4 is 0 Å². The van der Waals surface area contributed by atoms with E-state index in [1.807, 2.05) is 0 Å². The lowest BCUT2D eigenvalue weighted by Gasteiger charge is -2.53. The van der Waals surface area contributed by atoms with Crippen LogP contribution in [0.2, 0.25) is 0 Å². The number of nitrogens with zero attached hydrogens (tertiary/aromatic N) is 2. The van der Waals surface area contributed by atoms with Crippen LogP contribution >= 0.6 is 0 Å². The standard InChI is InChI=1S/C18H32N2O2/c1-14(2)19-6-4-18(11-19)13-22-16(18)8-15(3)20-9-17(10-20)5-7-21-12-17/h14-16H,4-13H2,1-3H3. The molecule has 0 bridgehead atoms. The molecule has 22 heavy (non-hydrogen) atoms. The van der Waals surface area contributed by atoms with E-state index in [2.05, 4.69) is 30.6 Å². The molecule has 3 unspecified atom stereocenters. The molecule has 4 aliphatic heterocycles. The number of rotatable bonds is 4. The quantitative estimate of drug-likeness (QED) is 0.793. The summed E-state index contributed by atoms with van der Waals surface area (Å²) in [6.45, 7) is 15.0. The van der Waals surface area contributed by atoms with Crippen LogP contribution in [0.1, 0.15) is 40.0 Å². The molecule has 4 fully saturated rings. The molecular weight excluding hydrogens is 276 g/mol. The van der Waals surface area contributed by atoms with Gasteiger partial charge in [0.15, 0.2) is 0 Å². The first-order chi connectivity index (χ1) is 10.5. The van der Waals surface area contributed by atoms with Crippen LogP contribution in [0.25, 0.3) is 0 Å². The van der Waals surface area contributed by atoms with E-state index in [4.69, 9.17) is 9.47 Å². The lowest BCUT2D eigenvalue weighted by molar-refractivity contribution is -0.192. The van der Waals surface area contributed by atoms with Gasteiger partial charge in [0.25, 0.3) is 0 Å². The molecule has 4 heterocycles. The molecule has 0 amide bonds. The molecule has 0 aromatic carbocycles. The molecule has 126 valence electrons. The van der Waals surface area contributed by atoms with Crippen LogP contribution in [-0.4, -0.2) is 74.0 Å². The minimum atomic E-state index is 0.470. The Kier molecular flexibility index (Phi) is 3.80. The van der Waals surface area contributed by atoms with Gasteiger partial charge in [-0.3, -0.25) is 4.90 Å². The van der Waals surface area contributed by atoms with Crippen LogP contribution in [0.3, 0.4) is 0 Å². The smallest absolute Gasteiger partial charge is 0.0681 e. The van der Waals surface area contributed by atoms with Crippen LogP contribution in [0.15, 0.2) is 0 Å². The summed E-state index contributed by atoms with van der Waals surface area (Å²) in [5.74, 6) is 0. The zero-order valence-electron chi connectivity index (χ0n) is 14.5. The van der Waals surface area contributed by atoms with Crippen molar-refractivity contribution in [3.63, 3.8) is 0 Å². The monoisotopic (exact) mass is 308 g/mol. The van der Waals surface area contributed by atoms with Crippen LogP contribution in [0, 0.1) is 10.8 Å². The van der Waals surface area contributed by atoms with Crippen molar-refractivity contribution < 1.29 is 9.47 Å². The summed E-state index contributed by atoms with van der Waals surface area (Å²) < 4.78 is 11.6. The van der Waals surface area contributed by atoms with E-state index in [9.17, 15) is 0 Å². The van der Waals surface area contributed by atoms with E-state index in [0.29, 0.717) is 29.0 Å². The van der Waals surface area contributed by atoms with Crippen molar-refractivity contribution >= 4 is 0 Å². The van der Waals surface area contributed by atoms with E-state index in [1.54, 1.807) is 0 Å². The fourth-order valence-electron chi connectivity index (χ4n) is 4.99. The zero-order valence-corrected chi connectivity index (χ0v) is 14.5. The molecule has 4 nitrogen and oxygen atoms in total. The van der Waals surface area contributed by atoms with Gasteiger partial charge >= 0.3 is 0 Å². The zero-order chi connectivity index (χ0) is 15.4. The highest BCUT2D eigenvalue weighted by Crippen LogP contribution is 2.47. The minimum absolute atomic E-state index is 0.470. The maximum absolute atomic E-state index is 6.02. The molecule has 4 aliphatic rings. The lowest BCUT2D eigenvalue weighted by atomic mass is 9.73. The topological polar surface area (TPSA) is 24.9 Å². The Hall–Kier alpha value is -0.160. The van der Waals surface area contributed by atoms with Crippen molar-refractivity contribution in [2.24, 2.45) is 10.8 Å². The Morgan fingerprint density at radius 2 is 1.86 bits per heavy atom. The minimum Gasteiger partial charge on any atom is -0.381 e. The molecule has 4 rings (SSSR count). The van der Waals surface area contributed by atoms with E-state index in [0.717, 1.165) is 19.8 Å². The summed E-state index contributed by atoms with van der Waals surface area (Å²) >= 11 is 0. The van der Waals surface area contributed by atoms with Crippen molar-refractivity contribution in [2.75, 3.05) is 46.0 Å². The Bertz CT molecular complexity index is 413. The SMILES string of the molecule is CC(C)N1CCC2(COC2CC(C)N2CC3(CCOC3)C2)C1. The highest BCUT2D eigenvalue weighted by molar-refractivity contribution is 5.05. The van der Waals surface area contributed by atoms with Gasteiger partial charge in [0.05, 0.1) is 19.3 Å². The van der Waals surface area contributed by atoms with Gasteiger partial charge in [0, 0.05) is 49.2 Å². The molecule has 2 spiro atoms. The number of hydrogen-bond acceptors (Lipinski definition) is 4. The van der Waals surface area contributed by atoms with Crippen LogP contribution in [0.5, 0.6) is 0 Å². The van der Waals surface area contributed by atoms with Crippen LogP contribution in [0.4, 0.5) is 0 Å². The maximum atomic E-state index is 6.02. The Morgan fingerprint density at radius 1 is 1.05 bits per heavy atom. The number of hydrogen-bond donors (Lipinski definition) is 0. The fraction of sp³-hybridized carbons (Fsp3) is 1.00. The predicted molar refractivity (Wildman–Crippen MR) is 87.0 cm³/mol. The first-order valence-corrected chi connectivity index (χ1v) is 9.20. The maximum Gasteiger partial charge on any atom is 0.0681 e. The second-order valence-electron chi connectivity index (χ2n) is 8.77. The number of likely N-dealkylation sites (tertiary alicyclic amines) is 2. The van der Waals surface area contributed by atoms with Gasteiger partial charge in [0.2, 0.25) is 0 Å². The van der Waals surface area contributed by atoms with Gasteiger partial charge in [-0.2, -0.15) is 0 Å². The molecule has 4 saturated heterocycles. The second-order valence-corrected chi connectivity index (χ2v) is 8.77. The van der Waals surface area contributed by atoms with Crippen LogP contribution in [-0.2, 0) is 9.47 Å². The second kappa shape index (κ2) is 5.44. The van der Waals surface area contributed by atoms with Crippen molar-refractivity contribution in [3.05, 3.63) is 0 Å². The lowest BCUT2D eigenvalue weighted by Crippen LogP contribution is -2.62. The van der Waals surface area contributed by atoms with Gasteiger partial charge in [-0.25, -0.2) is 0 Å². The predicted octanol–water partition coefficient (Wildman–Crippen LogP) is 1.99. The summed E-state index contributed by atoms with van der Waals surface area (Å²) in [4.78, 5) is 5.29. The third-order valence-electron chi connectivity index (χ3n) is 6.84. The van der Waals surface area contributed by atoms with E-state index in [1.165, 1.54) is 45.4 Å². The van der Waals surface area contributed by atoms with Crippen molar-refractivity contribution in [1.82, 2.24) is 9.80 Å². The molecular formula is C18H32N2O2. The number of ether oxygens (including phenoxy) is 2. The average molecular weight is 308 g/mol. The normalized spacial score (nSPS) is 39.5. The van der Waals surface area contributed by atoms with Gasteiger partial charge in [-0.1, -0.05) is 0 Å². The highest BCUT2D eigenvalue weighted by atomic mass is 16.5. The first-order valence-electron chi connectivity index (χ1n) is 9.20. The largest absolute Gasteiger partial charge is 0.381 e. The molecule has 0 aliphatic carbocycles. The van der Waals surface area contributed by atoms with E-state index >= 15 is 0 Å².